The van der Waals surface area contributed by atoms with Gasteiger partial charge in [0.2, 0.25) is 0 Å². The number of anilines is 1. The summed E-state index contributed by atoms with van der Waals surface area (Å²) in [6.07, 6.45) is 0.882. The third kappa shape index (κ3) is 2.17. The molecule has 0 aliphatic carbocycles. The van der Waals surface area contributed by atoms with Gasteiger partial charge < -0.3 is 15.8 Å². The van der Waals surface area contributed by atoms with E-state index in [1.165, 1.54) is 0 Å². The molecule has 1 aromatic carbocycles. The standard InChI is InChI=1S/C12H16N2O2/c1-8-10(3-2-4-11(8)13)12(15)14-9-5-6-16-7-9/h2-4,9H,5-7,13H2,1H3,(H,14,15). The normalized spacial score (nSPS) is 19.7. The molecule has 0 saturated carbocycles. The Balaban J connectivity index is 2.11. The zero-order chi connectivity index (χ0) is 11.5. The largest absolute Gasteiger partial charge is 0.398 e. The Kier molecular flexibility index (Phi) is 3.10. The summed E-state index contributed by atoms with van der Waals surface area (Å²) in [7, 11) is 0. The molecule has 3 N–H and O–H groups in total. The Labute approximate surface area is 94.8 Å². The molecule has 2 rings (SSSR count). The minimum absolute atomic E-state index is 0.0692. The Hall–Kier alpha value is -1.55. The zero-order valence-corrected chi connectivity index (χ0v) is 9.32. The summed E-state index contributed by atoms with van der Waals surface area (Å²) in [6.45, 7) is 3.18. The van der Waals surface area contributed by atoms with Gasteiger partial charge in [0.1, 0.15) is 0 Å². The van der Waals surface area contributed by atoms with Crippen molar-refractivity contribution in [3.05, 3.63) is 29.3 Å². The van der Waals surface area contributed by atoms with E-state index in [0.717, 1.165) is 18.6 Å². The number of carbonyl (C=O) groups excluding carboxylic acids is 1. The predicted molar refractivity (Wildman–Crippen MR) is 62.3 cm³/mol. The van der Waals surface area contributed by atoms with Gasteiger partial charge in [0.25, 0.3) is 5.91 Å². The molecule has 16 heavy (non-hydrogen) atoms. The third-order valence-electron chi connectivity index (χ3n) is 2.89. The number of nitrogen functional groups attached to an aromatic ring is 1. The summed E-state index contributed by atoms with van der Waals surface area (Å²) in [4.78, 5) is 12.0. The van der Waals surface area contributed by atoms with E-state index in [1.807, 2.05) is 6.92 Å². The van der Waals surface area contributed by atoms with Crippen LogP contribution in [0.2, 0.25) is 0 Å². The van der Waals surface area contributed by atoms with Crippen molar-refractivity contribution in [2.45, 2.75) is 19.4 Å². The maximum absolute atomic E-state index is 12.0. The lowest BCUT2D eigenvalue weighted by molar-refractivity contribution is 0.0929. The van der Waals surface area contributed by atoms with Crippen LogP contribution in [0.25, 0.3) is 0 Å². The summed E-state index contributed by atoms with van der Waals surface area (Å²) < 4.78 is 5.21. The molecular formula is C12H16N2O2. The van der Waals surface area contributed by atoms with Gasteiger partial charge in [-0.25, -0.2) is 0 Å². The molecule has 1 saturated heterocycles. The zero-order valence-electron chi connectivity index (χ0n) is 9.32. The number of carbonyl (C=O) groups is 1. The number of hydrogen-bond donors (Lipinski definition) is 2. The summed E-state index contributed by atoms with van der Waals surface area (Å²) in [6, 6.07) is 5.51. The number of rotatable bonds is 2. The summed E-state index contributed by atoms with van der Waals surface area (Å²) in [5.74, 6) is -0.0692. The second kappa shape index (κ2) is 4.53. The van der Waals surface area contributed by atoms with Gasteiger partial charge in [-0.05, 0) is 31.0 Å². The van der Waals surface area contributed by atoms with Crippen LogP contribution in [0.1, 0.15) is 22.3 Å². The molecule has 1 unspecified atom stereocenters. The highest BCUT2D eigenvalue weighted by Crippen LogP contribution is 2.16. The summed E-state index contributed by atoms with van der Waals surface area (Å²) in [5.41, 5.74) is 7.89. The molecule has 1 fully saturated rings. The van der Waals surface area contributed by atoms with Gasteiger partial charge in [-0.3, -0.25) is 4.79 Å². The Bertz CT molecular complexity index is 398. The minimum atomic E-state index is -0.0692. The lowest BCUT2D eigenvalue weighted by atomic mass is 10.1. The molecule has 0 bridgehead atoms. The molecule has 1 amide bonds. The first-order valence-corrected chi connectivity index (χ1v) is 5.42. The number of nitrogens with two attached hydrogens (primary N) is 1. The molecule has 0 radical (unpaired) electrons. The molecule has 0 aromatic heterocycles. The molecule has 86 valence electrons. The van der Waals surface area contributed by atoms with Gasteiger partial charge in [-0.15, -0.1) is 0 Å². The highest BCUT2D eigenvalue weighted by molar-refractivity contribution is 5.97. The molecule has 1 aliphatic heterocycles. The Morgan fingerprint density at radius 2 is 2.38 bits per heavy atom. The average Bonchev–Trinajstić information content (AvgIpc) is 2.74. The molecule has 1 aromatic rings. The van der Waals surface area contributed by atoms with E-state index in [1.54, 1.807) is 18.2 Å². The number of hydrogen-bond acceptors (Lipinski definition) is 3. The monoisotopic (exact) mass is 220 g/mol. The number of ether oxygens (including phenoxy) is 1. The van der Waals surface area contributed by atoms with Gasteiger partial charge >= 0.3 is 0 Å². The molecule has 1 atom stereocenters. The second-order valence-corrected chi connectivity index (χ2v) is 4.05. The van der Waals surface area contributed by atoms with E-state index in [9.17, 15) is 4.79 Å². The maximum atomic E-state index is 12.0. The van der Waals surface area contributed by atoms with Crippen molar-refractivity contribution < 1.29 is 9.53 Å². The van der Waals surface area contributed by atoms with Crippen LogP contribution in [-0.2, 0) is 4.74 Å². The SMILES string of the molecule is Cc1c(N)cccc1C(=O)NC1CCOC1. The van der Waals surface area contributed by atoms with Crippen molar-refractivity contribution in [2.24, 2.45) is 0 Å². The lowest BCUT2D eigenvalue weighted by Gasteiger charge is -2.12. The highest BCUT2D eigenvalue weighted by atomic mass is 16.5. The van der Waals surface area contributed by atoms with Crippen LogP contribution in [0.4, 0.5) is 5.69 Å². The smallest absolute Gasteiger partial charge is 0.251 e. The van der Waals surface area contributed by atoms with Crippen molar-refractivity contribution in [1.29, 1.82) is 0 Å². The van der Waals surface area contributed by atoms with Crippen molar-refractivity contribution in [1.82, 2.24) is 5.32 Å². The first-order chi connectivity index (χ1) is 7.68. The predicted octanol–water partition coefficient (Wildman–Crippen LogP) is 1.10. The van der Waals surface area contributed by atoms with E-state index in [-0.39, 0.29) is 11.9 Å². The summed E-state index contributed by atoms with van der Waals surface area (Å²) >= 11 is 0. The number of amides is 1. The number of nitrogens with one attached hydrogen (secondary N) is 1. The molecular weight excluding hydrogens is 204 g/mol. The van der Waals surface area contributed by atoms with Gasteiger partial charge in [0.15, 0.2) is 0 Å². The van der Waals surface area contributed by atoms with Crippen LogP contribution in [0.5, 0.6) is 0 Å². The van der Waals surface area contributed by atoms with Gasteiger partial charge in [0, 0.05) is 17.9 Å². The number of benzene rings is 1. The van der Waals surface area contributed by atoms with E-state index in [4.69, 9.17) is 10.5 Å². The van der Waals surface area contributed by atoms with Crippen molar-refractivity contribution in [3.8, 4) is 0 Å². The molecule has 4 heteroatoms. The van der Waals surface area contributed by atoms with Crippen LogP contribution in [0.3, 0.4) is 0 Å². The fourth-order valence-electron chi connectivity index (χ4n) is 1.81. The fourth-order valence-corrected chi connectivity index (χ4v) is 1.81. The first kappa shape index (κ1) is 11.0. The quantitative estimate of drug-likeness (QED) is 0.733. The van der Waals surface area contributed by atoms with Crippen molar-refractivity contribution >= 4 is 11.6 Å². The second-order valence-electron chi connectivity index (χ2n) is 4.05. The highest BCUT2D eigenvalue weighted by Gasteiger charge is 2.19. The van der Waals surface area contributed by atoms with E-state index >= 15 is 0 Å². The third-order valence-corrected chi connectivity index (χ3v) is 2.89. The molecule has 1 heterocycles. The van der Waals surface area contributed by atoms with Crippen LogP contribution in [0.15, 0.2) is 18.2 Å². The topological polar surface area (TPSA) is 64.4 Å². The van der Waals surface area contributed by atoms with E-state index in [2.05, 4.69) is 5.32 Å². The van der Waals surface area contributed by atoms with Gasteiger partial charge in [-0.2, -0.15) is 0 Å². The Morgan fingerprint density at radius 3 is 3.06 bits per heavy atom. The Morgan fingerprint density at radius 1 is 1.56 bits per heavy atom. The first-order valence-electron chi connectivity index (χ1n) is 5.42. The summed E-state index contributed by atoms with van der Waals surface area (Å²) in [5, 5.41) is 2.94. The molecule has 1 aliphatic rings. The van der Waals surface area contributed by atoms with E-state index in [0.29, 0.717) is 17.9 Å². The lowest BCUT2D eigenvalue weighted by Crippen LogP contribution is -2.35. The van der Waals surface area contributed by atoms with Gasteiger partial charge in [-0.1, -0.05) is 6.07 Å². The average molecular weight is 220 g/mol. The van der Waals surface area contributed by atoms with Gasteiger partial charge in [0.05, 0.1) is 12.6 Å². The van der Waals surface area contributed by atoms with Crippen molar-refractivity contribution in [2.75, 3.05) is 18.9 Å². The van der Waals surface area contributed by atoms with Crippen LogP contribution < -0.4 is 11.1 Å². The fraction of sp³-hybridized carbons (Fsp3) is 0.417. The van der Waals surface area contributed by atoms with Crippen molar-refractivity contribution in [3.63, 3.8) is 0 Å². The van der Waals surface area contributed by atoms with Crippen LogP contribution >= 0.6 is 0 Å². The van der Waals surface area contributed by atoms with Crippen LogP contribution in [0, 0.1) is 6.92 Å². The molecule has 4 nitrogen and oxygen atoms in total. The van der Waals surface area contributed by atoms with E-state index < -0.39 is 0 Å². The maximum Gasteiger partial charge on any atom is 0.251 e. The van der Waals surface area contributed by atoms with Crippen LogP contribution in [-0.4, -0.2) is 25.2 Å². The molecule has 0 spiro atoms. The minimum Gasteiger partial charge on any atom is -0.398 e.